The molecule has 0 bridgehead atoms. The second kappa shape index (κ2) is 10.4. The summed E-state index contributed by atoms with van der Waals surface area (Å²) >= 11 is 0. The SMILES string of the molecule is COC1(C(NC(=O)c2ccc(C#CC#CC[C@@H](O)CO)cc2)C(=O)NO)CS(=O)(=O)C1. The zero-order valence-electron chi connectivity index (χ0n) is 16.6. The average Bonchev–Trinajstić information content (AvgIpc) is 2.74. The Bertz CT molecular complexity index is 1030. The van der Waals surface area contributed by atoms with Crippen LogP contribution in [0, 0.1) is 23.7 Å². The van der Waals surface area contributed by atoms with E-state index >= 15 is 0 Å². The first kappa shape index (κ1) is 24.3. The molecular formula is C20H22N2O8S. The van der Waals surface area contributed by atoms with E-state index < -0.39 is 50.9 Å². The zero-order valence-corrected chi connectivity index (χ0v) is 17.4. The maximum Gasteiger partial charge on any atom is 0.268 e. The van der Waals surface area contributed by atoms with Crippen molar-refractivity contribution in [2.75, 3.05) is 25.2 Å². The van der Waals surface area contributed by atoms with Gasteiger partial charge in [0.1, 0.15) is 11.6 Å². The van der Waals surface area contributed by atoms with Crippen LogP contribution < -0.4 is 10.8 Å². The van der Waals surface area contributed by atoms with Gasteiger partial charge in [-0.3, -0.25) is 14.8 Å². The van der Waals surface area contributed by atoms with Crippen LogP contribution in [0.1, 0.15) is 22.3 Å². The third-order valence-corrected chi connectivity index (χ3v) is 6.42. The van der Waals surface area contributed by atoms with E-state index in [1.807, 2.05) is 0 Å². The average molecular weight is 450 g/mol. The van der Waals surface area contributed by atoms with Crippen molar-refractivity contribution in [3.05, 3.63) is 35.4 Å². The summed E-state index contributed by atoms with van der Waals surface area (Å²) in [5.74, 6) is 7.83. The quantitative estimate of drug-likeness (QED) is 0.185. The molecule has 0 radical (unpaired) electrons. The fourth-order valence-electron chi connectivity index (χ4n) is 2.91. The van der Waals surface area contributed by atoms with Gasteiger partial charge in [-0.05, 0) is 36.1 Å². The number of hydrogen-bond donors (Lipinski definition) is 5. The molecule has 0 aliphatic carbocycles. The maximum atomic E-state index is 12.6. The van der Waals surface area contributed by atoms with Crippen LogP contribution in [0.2, 0.25) is 0 Å². The summed E-state index contributed by atoms with van der Waals surface area (Å²) in [6, 6.07) is 4.57. The van der Waals surface area contributed by atoms with Crippen molar-refractivity contribution >= 4 is 21.7 Å². The number of ether oxygens (including phenoxy) is 1. The third-order valence-electron chi connectivity index (χ3n) is 4.56. The highest BCUT2D eigenvalue weighted by molar-refractivity contribution is 7.93. The molecular weight excluding hydrogens is 428 g/mol. The van der Waals surface area contributed by atoms with Gasteiger partial charge in [0.25, 0.3) is 11.8 Å². The molecule has 1 aromatic rings. The summed E-state index contributed by atoms with van der Waals surface area (Å²) in [7, 11) is -2.18. The molecule has 1 fully saturated rings. The summed E-state index contributed by atoms with van der Waals surface area (Å²) in [6.07, 6.45) is -0.821. The molecule has 1 aliphatic heterocycles. The fourth-order valence-corrected chi connectivity index (χ4v) is 4.88. The van der Waals surface area contributed by atoms with Gasteiger partial charge < -0.3 is 20.3 Å². The lowest BCUT2D eigenvalue weighted by molar-refractivity contribution is -0.138. The second-order valence-electron chi connectivity index (χ2n) is 6.85. The standard InChI is InChI=1S/C20H22N2O8S/c1-30-20(12-31(28,29)13-20)17(19(26)22-27)21-18(25)15-9-7-14(8-10-15)5-3-2-4-6-16(24)11-23/h7-10,16-17,23-24,27H,6,11-13H2,1H3,(H,21,25)(H,22,26)/t16-,17?/m1/s1. The van der Waals surface area contributed by atoms with Crippen LogP contribution in [0.25, 0.3) is 0 Å². The predicted octanol–water partition coefficient (Wildman–Crippen LogP) is -1.80. The van der Waals surface area contributed by atoms with Gasteiger partial charge >= 0.3 is 0 Å². The molecule has 1 unspecified atom stereocenters. The Morgan fingerprint density at radius 2 is 1.87 bits per heavy atom. The number of aliphatic hydroxyl groups is 2. The van der Waals surface area contributed by atoms with E-state index in [0.29, 0.717) is 5.56 Å². The molecule has 2 amide bonds. The first-order valence-electron chi connectivity index (χ1n) is 9.04. The van der Waals surface area contributed by atoms with Crippen LogP contribution in [0.5, 0.6) is 0 Å². The summed E-state index contributed by atoms with van der Waals surface area (Å²) in [4.78, 5) is 24.6. The Balaban J connectivity index is 2.09. The highest BCUT2D eigenvalue weighted by Crippen LogP contribution is 2.31. The molecule has 31 heavy (non-hydrogen) atoms. The van der Waals surface area contributed by atoms with Gasteiger partial charge in [-0.25, -0.2) is 13.9 Å². The van der Waals surface area contributed by atoms with Crippen molar-refractivity contribution in [3.63, 3.8) is 0 Å². The molecule has 1 aromatic carbocycles. The molecule has 5 N–H and O–H groups in total. The van der Waals surface area contributed by atoms with Crippen molar-refractivity contribution < 1.29 is 38.2 Å². The molecule has 11 heteroatoms. The van der Waals surface area contributed by atoms with Crippen LogP contribution in [-0.4, -0.2) is 78.6 Å². The lowest BCUT2D eigenvalue weighted by Crippen LogP contribution is -2.71. The minimum absolute atomic E-state index is 0.0944. The third kappa shape index (κ3) is 6.28. The van der Waals surface area contributed by atoms with Gasteiger partial charge in [-0.2, -0.15) is 0 Å². The maximum absolute atomic E-state index is 12.6. The molecule has 1 aliphatic rings. The molecule has 2 atom stereocenters. The number of methoxy groups -OCH3 is 1. The van der Waals surface area contributed by atoms with Gasteiger partial charge in [0.2, 0.25) is 0 Å². The van der Waals surface area contributed by atoms with Crippen LogP contribution in [0.3, 0.4) is 0 Å². The Kier molecular flexibility index (Phi) is 8.16. The molecule has 0 spiro atoms. The Labute approximate surface area is 179 Å². The van der Waals surface area contributed by atoms with Gasteiger partial charge in [-0.1, -0.05) is 11.8 Å². The summed E-state index contributed by atoms with van der Waals surface area (Å²) in [5, 5.41) is 29.2. The number of hydrogen-bond acceptors (Lipinski definition) is 8. The number of carbonyl (C=O) groups is 2. The Morgan fingerprint density at radius 1 is 1.23 bits per heavy atom. The number of hydroxylamine groups is 1. The van der Waals surface area contributed by atoms with E-state index in [9.17, 15) is 18.0 Å². The second-order valence-corrected chi connectivity index (χ2v) is 8.92. The summed E-state index contributed by atoms with van der Waals surface area (Å²) in [6.45, 7) is -0.381. The van der Waals surface area contributed by atoms with Crippen LogP contribution in [-0.2, 0) is 19.4 Å². The van der Waals surface area contributed by atoms with Crippen molar-refractivity contribution in [2.24, 2.45) is 0 Å². The number of rotatable bonds is 7. The summed E-state index contributed by atoms with van der Waals surface area (Å²) < 4.78 is 28.4. The van der Waals surface area contributed by atoms with Crippen LogP contribution >= 0.6 is 0 Å². The van der Waals surface area contributed by atoms with Gasteiger partial charge in [0, 0.05) is 24.7 Å². The number of amides is 2. The van der Waals surface area contributed by atoms with Crippen molar-refractivity contribution in [3.8, 4) is 23.7 Å². The summed E-state index contributed by atoms with van der Waals surface area (Å²) in [5.41, 5.74) is 0.670. The number of nitrogens with one attached hydrogen (secondary N) is 2. The van der Waals surface area contributed by atoms with Gasteiger partial charge in [-0.15, -0.1) is 0 Å². The van der Waals surface area contributed by atoms with E-state index in [1.54, 1.807) is 12.1 Å². The Morgan fingerprint density at radius 3 is 2.39 bits per heavy atom. The van der Waals surface area contributed by atoms with Crippen molar-refractivity contribution in [2.45, 2.75) is 24.2 Å². The number of aliphatic hydroxyl groups excluding tert-OH is 2. The highest BCUT2D eigenvalue weighted by Gasteiger charge is 2.57. The molecule has 0 saturated carbocycles. The normalized spacial score (nSPS) is 17.4. The van der Waals surface area contributed by atoms with E-state index in [1.165, 1.54) is 24.7 Å². The van der Waals surface area contributed by atoms with E-state index in [0.717, 1.165) is 0 Å². The first-order chi connectivity index (χ1) is 14.7. The topological polar surface area (TPSA) is 162 Å². The molecule has 1 heterocycles. The lowest BCUT2D eigenvalue weighted by atomic mass is 9.95. The minimum Gasteiger partial charge on any atom is -0.394 e. The van der Waals surface area contributed by atoms with Gasteiger partial charge in [0.05, 0.1) is 24.2 Å². The molecule has 166 valence electrons. The molecule has 2 rings (SSSR count). The Hall–Kier alpha value is -2.93. The van der Waals surface area contributed by atoms with Crippen LogP contribution in [0.4, 0.5) is 0 Å². The van der Waals surface area contributed by atoms with E-state index in [2.05, 4.69) is 29.0 Å². The number of benzene rings is 1. The number of sulfone groups is 1. The van der Waals surface area contributed by atoms with E-state index in [4.69, 9.17) is 20.2 Å². The minimum atomic E-state index is -3.40. The predicted molar refractivity (Wildman–Crippen MR) is 108 cm³/mol. The van der Waals surface area contributed by atoms with Gasteiger partial charge in [0.15, 0.2) is 9.84 Å². The monoisotopic (exact) mass is 450 g/mol. The smallest absolute Gasteiger partial charge is 0.268 e. The molecule has 1 saturated heterocycles. The van der Waals surface area contributed by atoms with E-state index in [-0.39, 0.29) is 18.6 Å². The fraction of sp³-hybridized carbons (Fsp3) is 0.400. The van der Waals surface area contributed by atoms with Crippen molar-refractivity contribution in [1.82, 2.24) is 10.8 Å². The molecule has 0 aromatic heterocycles. The highest BCUT2D eigenvalue weighted by atomic mass is 32.2. The molecule has 10 nitrogen and oxygen atoms in total. The zero-order chi connectivity index (χ0) is 23.1. The first-order valence-corrected chi connectivity index (χ1v) is 10.9. The lowest BCUT2D eigenvalue weighted by Gasteiger charge is -2.44. The van der Waals surface area contributed by atoms with Crippen LogP contribution in [0.15, 0.2) is 24.3 Å². The number of carbonyl (C=O) groups excluding carboxylic acids is 2. The van der Waals surface area contributed by atoms with Crippen molar-refractivity contribution in [1.29, 1.82) is 0 Å². The largest absolute Gasteiger partial charge is 0.394 e.